The molecule has 0 spiro atoms. The monoisotopic (exact) mass is 245 g/mol. The zero-order valence-electron chi connectivity index (χ0n) is 10.0. The molecule has 2 heterocycles. The Morgan fingerprint density at radius 2 is 2.06 bits per heavy atom. The third kappa shape index (κ3) is 2.20. The van der Waals surface area contributed by atoms with Crippen molar-refractivity contribution in [3.05, 3.63) is 29.6 Å². The molecule has 1 aromatic rings. The minimum atomic E-state index is -0.820. The Labute approximate surface area is 105 Å². The van der Waals surface area contributed by atoms with Crippen molar-refractivity contribution >= 4 is 11.9 Å². The second kappa shape index (κ2) is 4.40. The Morgan fingerprint density at radius 3 is 2.56 bits per heavy atom. The van der Waals surface area contributed by atoms with Gasteiger partial charge < -0.3 is 10.0 Å². The van der Waals surface area contributed by atoms with Gasteiger partial charge in [-0.25, -0.2) is 14.8 Å². The van der Waals surface area contributed by atoms with Crippen molar-refractivity contribution in [2.75, 3.05) is 18.0 Å². The molecule has 0 amide bonds. The van der Waals surface area contributed by atoms with Gasteiger partial charge in [-0.05, 0) is 30.7 Å². The number of hydrogen-bond donors (Lipinski definition) is 1. The van der Waals surface area contributed by atoms with E-state index >= 15 is 0 Å². The smallest absolute Gasteiger partial charge is 0.331 e. The second-order valence-corrected chi connectivity index (χ2v) is 4.82. The van der Waals surface area contributed by atoms with E-state index in [2.05, 4.69) is 9.97 Å². The average Bonchev–Trinajstić information content (AvgIpc) is 3.23. The SMILES string of the molecule is O=C(O)C1=CCN(c2ncc(C3CC3)cn2)CC1. The first-order chi connectivity index (χ1) is 8.74. The molecule has 94 valence electrons. The van der Waals surface area contributed by atoms with E-state index in [1.807, 2.05) is 17.3 Å². The van der Waals surface area contributed by atoms with Gasteiger partial charge in [-0.2, -0.15) is 0 Å². The Kier molecular flexibility index (Phi) is 2.74. The first-order valence-electron chi connectivity index (χ1n) is 6.23. The van der Waals surface area contributed by atoms with Crippen LogP contribution in [-0.4, -0.2) is 34.1 Å². The fourth-order valence-electron chi connectivity index (χ4n) is 2.17. The van der Waals surface area contributed by atoms with Gasteiger partial charge in [0.2, 0.25) is 5.95 Å². The van der Waals surface area contributed by atoms with Crippen molar-refractivity contribution in [3.63, 3.8) is 0 Å². The van der Waals surface area contributed by atoms with Crippen molar-refractivity contribution in [1.29, 1.82) is 0 Å². The van der Waals surface area contributed by atoms with Crippen LogP contribution in [0.5, 0.6) is 0 Å². The maximum Gasteiger partial charge on any atom is 0.331 e. The molecule has 0 saturated heterocycles. The highest BCUT2D eigenvalue weighted by atomic mass is 16.4. The number of nitrogens with zero attached hydrogens (tertiary/aromatic N) is 3. The maximum atomic E-state index is 10.8. The van der Waals surface area contributed by atoms with Crippen LogP contribution in [0.3, 0.4) is 0 Å². The normalized spacial score (nSPS) is 19.6. The van der Waals surface area contributed by atoms with Crippen LogP contribution in [-0.2, 0) is 4.79 Å². The predicted molar refractivity (Wildman–Crippen MR) is 66.6 cm³/mol. The van der Waals surface area contributed by atoms with Gasteiger partial charge in [0, 0.05) is 31.1 Å². The van der Waals surface area contributed by atoms with Gasteiger partial charge in [0.15, 0.2) is 0 Å². The van der Waals surface area contributed by atoms with E-state index in [0.717, 1.165) is 0 Å². The first kappa shape index (κ1) is 11.2. The Balaban J connectivity index is 1.70. The van der Waals surface area contributed by atoms with Gasteiger partial charge in [0.1, 0.15) is 0 Å². The highest BCUT2D eigenvalue weighted by Gasteiger charge is 2.24. The van der Waals surface area contributed by atoms with E-state index in [0.29, 0.717) is 36.9 Å². The van der Waals surface area contributed by atoms with Gasteiger partial charge in [-0.1, -0.05) is 6.08 Å². The number of hydrogen-bond acceptors (Lipinski definition) is 4. The third-order valence-corrected chi connectivity index (χ3v) is 3.47. The summed E-state index contributed by atoms with van der Waals surface area (Å²) in [5.41, 5.74) is 1.71. The van der Waals surface area contributed by atoms with Gasteiger partial charge in [-0.15, -0.1) is 0 Å². The number of carboxylic acid groups (broad SMARTS) is 1. The van der Waals surface area contributed by atoms with Crippen LogP contribution in [0.15, 0.2) is 24.0 Å². The molecule has 1 aromatic heterocycles. The van der Waals surface area contributed by atoms with Crippen molar-refractivity contribution < 1.29 is 9.90 Å². The molecule has 1 aliphatic carbocycles. The number of aromatic nitrogens is 2. The molecule has 5 heteroatoms. The minimum absolute atomic E-state index is 0.487. The minimum Gasteiger partial charge on any atom is -0.478 e. The highest BCUT2D eigenvalue weighted by molar-refractivity contribution is 5.87. The maximum absolute atomic E-state index is 10.8. The second-order valence-electron chi connectivity index (χ2n) is 4.82. The lowest BCUT2D eigenvalue weighted by molar-refractivity contribution is -0.132. The number of rotatable bonds is 3. The first-order valence-corrected chi connectivity index (χ1v) is 6.23. The summed E-state index contributed by atoms with van der Waals surface area (Å²) in [6.45, 7) is 1.24. The molecule has 0 unspecified atom stereocenters. The van der Waals surface area contributed by atoms with E-state index < -0.39 is 5.97 Å². The van der Waals surface area contributed by atoms with Gasteiger partial charge in [0.05, 0.1) is 0 Å². The Morgan fingerprint density at radius 1 is 1.33 bits per heavy atom. The lowest BCUT2D eigenvalue weighted by atomic mass is 10.1. The summed E-state index contributed by atoms with van der Waals surface area (Å²) >= 11 is 0. The van der Waals surface area contributed by atoms with Crippen molar-refractivity contribution in [1.82, 2.24) is 9.97 Å². The number of carbonyl (C=O) groups is 1. The van der Waals surface area contributed by atoms with E-state index in [1.54, 1.807) is 6.08 Å². The van der Waals surface area contributed by atoms with Gasteiger partial charge in [0.25, 0.3) is 0 Å². The van der Waals surface area contributed by atoms with Gasteiger partial charge >= 0.3 is 5.97 Å². The number of carboxylic acids is 1. The van der Waals surface area contributed by atoms with E-state index in [9.17, 15) is 4.79 Å². The molecule has 1 N–H and O–H groups in total. The molecule has 0 bridgehead atoms. The van der Waals surface area contributed by atoms with Crippen LogP contribution in [0.2, 0.25) is 0 Å². The Hall–Kier alpha value is -1.91. The quantitative estimate of drug-likeness (QED) is 0.875. The fourth-order valence-corrected chi connectivity index (χ4v) is 2.17. The molecule has 18 heavy (non-hydrogen) atoms. The van der Waals surface area contributed by atoms with E-state index in [1.165, 1.54) is 18.4 Å². The molecule has 1 aliphatic heterocycles. The van der Waals surface area contributed by atoms with Gasteiger partial charge in [-0.3, -0.25) is 0 Å². The molecular formula is C13H15N3O2. The topological polar surface area (TPSA) is 66.3 Å². The van der Waals surface area contributed by atoms with Crippen LogP contribution in [0.4, 0.5) is 5.95 Å². The molecule has 0 atom stereocenters. The van der Waals surface area contributed by atoms with Crippen LogP contribution in [0, 0.1) is 0 Å². The molecular weight excluding hydrogens is 230 g/mol. The lowest BCUT2D eigenvalue weighted by Gasteiger charge is -2.25. The van der Waals surface area contributed by atoms with Crippen LogP contribution >= 0.6 is 0 Å². The molecule has 1 fully saturated rings. The molecule has 2 aliphatic rings. The predicted octanol–water partition coefficient (Wildman–Crippen LogP) is 1.58. The molecule has 0 aromatic carbocycles. The summed E-state index contributed by atoms with van der Waals surface area (Å²) in [4.78, 5) is 21.6. The summed E-state index contributed by atoms with van der Waals surface area (Å²) in [6.07, 6.45) is 8.58. The van der Waals surface area contributed by atoms with Crippen LogP contribution in [0.25, 0.3) is 0 Å². The molecule has 5 nitrogen and oxygen atoms in total. The summed E-state index contributed by atoms with van der Waals surface area (Å²) in [5.74, 6) is 0.540. The summed E-state index contributed by atoms with van der Waals surface area (Å²) in [7, 11) is 0. The number of anilines is 1. The summed E-state index contributed by atoms with van der Waals surface area (Å²) in [6, 6.07) is 0. The molecule has 1 saturated carbocycles. The largest absolute Gasteiger partial charge is 0.478 e. The molecule has 3 rings (SSSR count). The lowest BCUT2D eigenvalue weighted by Crippen LogP contribution is -2.31. The average molecular weight is 245 g/mol. The zero-order valence-corrected chi connectivity index (χ0v) is 10.0. The Bertz CT molecular complexity index is 491. The number of aliphatic carboxylic acids is 1. The summed E-state index contributed by atoms with van der Waals surface area (Å²) < 4.78 is 0. The van der Waals surface area contributed by atoms with E-state index in [-0.39, 0.29) is 0 Å². The van der Waals surface area contributed by atoms with E-state index in [4.69, 9.17) is 5.11 Å². The molecule has 0 radical (unpaired) electrons. The van der Waals surface area contributed by atoms with Crippen molar-refractivity contribution in [2.24, 2.45) is 0 Å². The zero-order chi connectivity index (χ0) is 12.5. The fraction of sp³-hybridized carbons (Fsp3) is 0.462. The van der Waals surface area contributed by atoms with Crippen LogP contribution < -0.4 is 4.90 Å². The summed E-state index contributed by atoms with van der Waals surface area (Å²) in [5, 5.41) is 8.88. The highest BCUT2D eigenvalue weighted by Crippen LogP contribution is 2.39. The standard InChI is InChI=1S/C13H15N3O2/c17-12(18)10-3-5-16(6-4-10)13-14-7-11(8-15-13)9-1-2-9/h3,7-9H,1-2,4-6H2,(H,17,18). The van der Waals surface area contributed by atoms with Crippen molar-refractivity contribution in [3.8, 4) is 0 Å². The van der Waals surface area contributed by atoms with Crippen LogP contribution in [0.1, 0.15) is 30.7 Å². The van der Waals surface area contributed by atoms with Crippen molar-refractivity contribution in [2.45, 2.75) is 25.2 Å². The third-order valence-electron chi connectivity index (χ3n) is 3.47.